The number of benzene rings is 2. The number of carbonyl (C=O) groups is 2. The van der Waals surface area contributed by atoms with E-state index in [0.29, 0.717) is 23.4 Å². The van der Waals surface area contributed by atoms with Gasteiger partial charge in [0.05, 0.1) is 5.56 Å². The molecule has 29 heavy (non-hydrogen) atoms. The van der Waals surface area contributed by atoms with E-state index in [1.807, 2.05) is 43.3 Å². The first-order chi connectivity index (χ1) is 14.1. The maximum absolute atomic E-state index is 12.8. The molecule has 0 aliphatic carbocycles. The van der Waals surface area contributed by atoms with Crippen molar-refractivity contribution in [1.82, 2.24) is 5.32 Å². The standard InChI is InChI=1S/C24H31N3O2/c1-3-14-25-24(29)21-17-20(12-13-22(21)27-15-6-5-7-16-27)26-23(28)19-10-8-18(4-2)9-11-19/h8-13,17H,3-7,14-16H2,1-2H3,(H,25,29)(H,26,28). The van der Waals surface area contributed by atoms with Crippen molar-refractivity contribution >= 4 is 23.2 Å². The van der Waals surface area contributed by atoms with Crippen LogP contribution in [0.4, 0.5) is 11.4 Å². The van der Waals surface area contributed by atoms with Crippen LogP contribution in [0.1, 0.15) is 65.8 Å². The largest absolute Gasteiger partial charge is 0.371 e. The average Bonchev–Trinajstić information content (AvgIpc) is 2.78. The Morgan fingerprint density at radius 3 is 2.31 bits per heavy atom. The molecule has 2 amide bonds. The Morgan fingerprint density at radius 2 is 1.66 bits per heavy atom. The van der Waals surface area contributed by atoms with Gasteiger partial charge in [0.2, 0.25) is 0 Å². The summed E-state index contributed by atoms with van der Waals surface area (Å²) in [7, 11) is 0. The second kappa shape index (κ2) is 10.1. The van der Waals surface area contributed by atoms with Crippen LogP contribution in [0.5, 0.6) is 0 Å². The zero-order chi connectivity index (χ0) is 20.6. The SMILES string of the molecule is CCCNC(=O)c1cc(NC(=O)c2ccc(CC)cc2)ccc1N1CCCCC1. The van der Waals surface area contributed by atoms with Gasteiger partial charge in [-0.15, -0.1) is 0 Å². The fourth-order valence-electron chi connectivity index (χ4n) is 3.64. The van der Waals surface area contributed by atoms with E-state index in [9.17, 15) is 9.59 Å². The highest BCUT2D eigenvalue weighted by molar-refractivity contribution is 6.06. The van der Waals surface area contributed by atoms with Crippen molar-refractivity contribution in [3.05, 3.63) is 59.2 Å². The monoisotopic (exact) mass is 393 g/mol. The lowest BCUT2D eigenvalue weighted by Crippen LogP contribution is -2.33. The van der Waals surface area contributed by atoms with Crippen molar-refractivity contribution < 1.29 is 9.59 Å². The number of carbonyl (C=O) groups excluding carboxylic acids is 2. The molecule has 0 atom stereocenters. The highest BCUT2D eigenvalue weighted by Crippen LogP contribution is 2.27. The van der Waals surface area contributed by atoms with E-state index in [-0.39, 0.29) is 11.8 Å². The van der Waals surface area contributed by atoms with Crippen LogP contribution >= 0.6 is 0 Å². The number of piperidine rings is 1. The van der Waals surface area contributed by atoms with Gasteiger partial charge >= 0.3 is 0 Å². The van der Waals surface area contributed by atoms with Crippen LogP contribution in [-0.2, 0) is 6.42 Å². The van der Waals surface area contributed by atoms with E-state index >= 15 is 0 Å². The van der Waals surface area contributed by atoms with Gasteiger partial charge in [0.25, 0.3) is 11.8 Å². The average molecular weight is 394 g/mol. The molecule has 0 aromatic heterocycles. The third kappa shape index (κ3) is 5.37. The molecule has 1 saturated heterocycles. The summed E-state index contributed by atoms with van der Waals surface area (Å²) in [4.78, 5) is 27.7. The molecule has 0 bridgehead atoms. The lowest BCUT2D eigenvalue weighted by atomic mass is 10.1. The van der Waals surface area contributed by atoms with E-state index in [2.05, 4.69) is 22.5 Å². The van der Waals surface area contributed by atoms with Crippen molar-refractivity contribution in [3.63, 3.8) is 0 Å². The molecule has 0 spiro atoms. The van der Waals surface area contributed by atoms with Crippen LogP contribution in [0.15, 0.2) is 42.5 Å². The Hall–Kier alpha value is -2.82. The van der Waals surface area contributed by atoms with Gasteiger partial charge in [-0.1, -0.05) is 26.0 Å². The Labute approximate surface area is 173 Å². The lowest BCUT2D eigenvalue weighted by Gasteiger charge is -2.30. The molecule has 2 aromatic carbocycles. The van der Waals surface area contributed by atoms with E-state index in [0.717, 1.165) is 44.5 Å². The number of amides is 2. The molecule has 5 nitrogen and oxygen atoms in total. The summed E-state index contributed by atoms with van der Waals surface area (Å²) in [5, 5.41) is 5.91. The predicted molar refractivity (Wildman–Crippen MR) is 119 cm³/mol. The number of nitrogens with zero attached hydrogens (tertiary/aromatic N) is 1. The number of anilines is 2. The van der Waals surface area contributed by atoms with Gasteiger partial charge < -0.3 is 15.5 Å². The number of nitrogens with one attached hydrogen (secondary N) is 2. The van der Waals surface area contributed by atoms with Gasteiger partial charge in [-0.2, -0.15) is 0 Å². The zero-order valence-corrected chi connectivity index (χ0v) is 17.5. The molecule has 0 saturated carbocycles. The van der Waals surface area contributed by atoms with E-state index < -0.39 is 0 Å². The molecule has 154 valence electrons. The van der Waals surface area contributed by atoms with Crippen LogP contribution in [0, 0.1) is 0 Å². The maximum Gasteiger partial charge on any atom is 0.255 e. The molecule has 0 radical (unpaired) electrons. The van der Waals surface area contributed by atoms with E-state index in [1.165, 1.54) is 12.0 Å². The van der Waals surface area contributed by atoms with Crippen molar-refractivity contribution in [3.8, 4) is 0 Å². The summed E-state index contributed by atoms with van der Waals surface area (Å²) >= 11 is 0. The molecule has 1 heterocycles. The highest BCUT2D eigenvalue weighted by Gasteiger charge is 2.19. The quantitative estimate of drug-likeness (QED) is 0.721. The van der Waals surface area contributed by atoms with E-state index in [1.54, 1.807) is 6.07 Å². The fraction of sp³-hybridized carbons (Fsp3) is 0.417. The van der Waals surface area contributed by atoms with Crippen molar-refractivity contribution in [2.75, 3.05) is 29.9 Å². The van der Waals surface area contributed by atoms with Gasteiger partial charge in [-0.25, -0.2) is 0 Å². The second-order valence-corrected chi connectivity index (χ2v) is 7.54. The summed E-state index contributed by atoms with van der Waals surface area (Å²) in [5.41, 5.74) is 4.02. The van der Waals surface area contributed by atoms with E-state index in [4.69, 9.17) is 0 Å². The molecule has 5 heteroatoms. The molecule has 1 aliphatic heterocycles. The molecular formula is C24H31N3O2. The van der Waals surface area contributed by atoms with Crippen LogP contribution in [0.2, 0.25) is 0 Å². The Kier molecular flexibility index (Phi) is 7.28. The topological polar surface area (TPSA) is 61.4 Å². The molecule has 1 aliphatic rings. The summed E-state index contributed by atoms with van der Waals surface area (Å²) in [6, 6.07) is 13.3. The Balaban J connectivity index is 1.82. The minimum atomic E-state index is -0.168. The second-order valence-electron chi connectivity index (χ2n) is 7.54. The van der Waals surface area contributed by atoms with Crippen molar-refractivity contribution in [2.24, 2.45) is 0 Å². The minimum Gasteiger partial charge on any atom is -0.371 e. The maximum atomic E-state index is 12.8. The van der Waals surface area contributed by atoms with Crippen molar-refractivity contribution in [1.29, 1.82) is 0 Å². The summed E-state index contributed by atoms with van der Waals surface area (Å²) in [6.45, 7) is 6.68. The predicted octanol–water partition coefficient (Wildman–Crippen LogP) is 4.63. The molecule has 2 N–H and O–H groups in total. The van der Waals surface area contributed by atoms with Gasteiger partial charge in [0.1, 0.15) is 0 Å². The van der Waals surface area contributed by atoms with Crippen LogP contribution in [0.3, 0.4) is 0 Å². The molecule has 1 fully saturated rings. The molecular weight excluding hydrogens is 362 g/mol. The third-order valence-electron chi connectivity index (χ3n) is 5.36. The van der Waals surface area contributed by atoms with Crippen LogP contribution < -0.4 is 15.5 Å². The third-order valence-corrected chi connectivity index (χ3v) is 5.36. The molecule has 2 aromatic rings. The zero-order valence-electron chi connectivity index (χ0n) is 17.5. The van der Waals surface area contributed by atoms with Crippen LogP contribution in [-0.4, -0.2) is 31.4 Å². The number of hydrogen-bond acceptors (Lipinski definition) is 3. The number of aryl methyl sites for hydroxylation is 1. The Morgan fingerprint density at radius 1 is 0.931 bits per heavy atom. The molecule has 0 unspecified atom stereocenters. The van der Waals surface area contributed by atoms with Crippen LogP contribution in [0.25, 0.3) is 0 Å². The Bertz CT molecular complexity index is 840. The lowest BCUT2D eigenvalue weighted by molar-refractivity contribution is 0.0952. The summed E-state index contributed by atoms with van der Waals surface area (Å²) in [5.74, 6) is -0.255. The van der Waals surface area contributed by atoms with Gasteiger partial charge in [-0.05, 0) is 68.0 Å². The smallest absolute Gasteiger partial charge is 0.255 e. The van der Waals surface area contributed by atoms with Gasteiger partial charge in [0, 0.05) is 36.6 Å². The highest BCUT2D eigenvalue weighted by atomic mass is 16.2. The molecule has 3 rings (SSSR count). The number of hydrogen-bond donors (Lipinski definition) is 2. The fourth-order valence-corrected chi connectivity index (χ4v) is 3.64. The first-order valence-corrected chi connectivity index (χ1v) is 10.7. The van der Waals surface area contributed by atoms with Gasteiger partial charge in [0.15, 0.2) is 0 Å². The van der Waals surface area contributed by atoms with Gasteiger partial charge in [-0.3, -0.25) is 9.59 Å². The first-order valence-electron chi connectivity index (χ1n) is 10.7. The number of rotatable bonds is 7. The first kappa shape index (κ1) is 20.9. The summed E-state index contributed by atoms with van der Waals surface area (Å²) < 4.78 is 0. The minimum absolute atomic E-state index is 0.0872. The summed E-state index contributed by atoms with van der Waals surface area (Å²) in [6.07, 6.45) is 5.34. The van der Waals surface area contributed by atoms with Crippen molar-refractivity contribution in [2.45, 2.75) is 46.0 Å². The normalized spacial score (nSPS) is 13.8.